The zero-order chi connectivity index (χ0) is 8.97. The molecule has 0 unspecified atom stereocenters. The van der Waals surface area contributed by atoms with Gasteiger partial charge in [0.15, 0.2) is 0 Å². The number of halogens is 3. The number of alkyl halides is 3. The van der Waals surface area contributed by atoms with E-state index in [0.29, 0.717) is 0 Å². The predicted molar refractivity (Wildman–Crippen MR) is 73.0 cm³/mol. The molecule has 0 radical (unpaired) electrons. The van der Waals surface area contributed by atoms with Gasteiger partial charge < -0.3 is 0 Å². The zero-order valence-corrected chi connectivity index (χ0v) is 12.6. The van der Waals surface area contributed by atoms with Crippen LogP contribution in [0.1, 0.15) is 17.5 Å². The van der Waals surface area contributed by atoms with Crippen LogP contribution in [-0.4, -0.2) is 15.0 Å². The van der Waals surface area contributed by atoms with Gasteiger partial charge in [-0.15, -0.1) is 0 Å². The molecule has 12 heavy (non-hydrogen) atoms. The second-order valence-electron chi connectivity index (χ2n) is 1.98. The van der Waals surface area contributed by atoms with E-state index < -0.39 is 0 Å². The van der Waals surface area contributed by atoms with E-state index in [0.717, 1.165) is 30.8 Å². The quantitative estimate of drug-likeness (QED) is 0.473. The summed E-state index contributed by atoms with van der Waals surface area (Å²) in [5.74, 6) is 2.68. The molecule has 0 aliphatic carbocycles. The zero-order valence-electron chi connectivity index (χ0n) is 6.10. The Morgan fingerprint density at radius 3 is 1.08 bits per heavy atom. The van der Waals surface area contributed by atoms with Gasteiger partial charge in [-0.05, 0) is 0 Å². The van der Waals surface area contributed by atoms with Crippen molar-refractivity contribution in [1.29, 1.82) is 0 Å². The largest absolute Gasteiger partial charge is 0.216 e. The highest BCUT2D eigenvalue weighted by Gasteiger charge is 2.02. The van der Waals surface area contributed by atoms with Crippen LogP contribution in [0.4, 0.5) is 0 Å². The molecule has 6 heteroatoms. The van der Waals surface area contributed by atoms with Gasteiger partial charge in [0.1, 0.15) is 17.5 Å². The highest BCUT2D eigenvalue weighted by atomic mass is 127. The summed E-state index contributed by atoms with van der Waals surface area (Å²) in [6, 6.07) is 0. The molecule has 0 spiro atoms. The van der Waals surface area contributed by atoms with Crippen LogP contribution in [0, 0.1) is 0 Å². The molecule has 0 fully saturated rings. The van der Waals surface area contributed by atoms with Crippen molar-refractivity contribution < 1.29 is 0 Å². The number of hydrogen-bond acceptors (Lipinski definition) is 3. The van der Waals surface area contributed by atoms with Crippen molar-refractivity contribution in [3.63, 3.8) is 0 Å². The molecule has 0 aromatic carbocycles. The first kappa shape index (κ1) is 11.3. The van der Waals surface area contributed by atoms with Gasteiger partial charge >= 0.3 is 0 Å². The lowest BCUT2D eigenvalue weighted by Gasteiger charge is -2.00. The first-order valence-corrected chi connectivity index (χ1v) is 7.78. The van der Waals surface area contributed by atoms with E-state index in [-0.39, 0.29) is 0 Å². The summed E-state index contributed by atoms with van der Waals surface area (Å²) in [5.41, 5.74) is 0. The predicted octanol–water partition coefficient (Wildman–Crippen LogP) is 2.68. The Bertz CT molecular complexity index is 211. The smallest absolute Gasteiger partial charge is 0.142 e. The molecule has 1 aromatic rings. The van der Waals surface area contributed by atoms with Gasteiger partial charge in [0.2, 0.25) is 0 Å². The molecular formula is C6H6I3N3. The van der Waals surface area contributed by atoms with Crippen molar-refractivity contribution in [2.45, 2.75) is 13.3 Å². The maximum absolute atomic E-state index is 4.28. The second kappa shape index (κ2) is 5.83. The third-order valence-corrected chi connectivity index (χ3v) is 3.18. The fraction of sp³-hybridized carbons (Fsp3) is 0.500. The molecule has 0 aliphatic rings. The van der Waals surface area contributed by atoms with Gasteiger partial charge in [0.25, 0.3) is 0 Å². The van der Waals surface area contributed by atoms with Crippen LogP contribution >= 0.6 is 67.8 Å². The van der Waals surface area contributed by atoms with Crippen molar-refractivity contribution >= 4 is 67.8 Å². The average Bonchev–Trinajstić information content (AvgIpc) is 2.16. The van der Waals surface area contributed by atoms with Gasteiger partial charge in [-0.3, -0.25) is 0 Å². The van der Waals surface area contributed by atoms with E-state index >= 15 is 0 Å². The summed E-state index contributed by atoms with van der Waals surface area (Å²) in [6.45, 7) is 0. The third kappa shape index (κ3) is 3.16. The topological polar surface area (TPSA) is 38.7 Å². The number of hydrogen-bond donors (Lipinski definition) is 0. The molecule has 1 heterocycles. The minimum absolute atomic E-state index is 0.855. The fourth-order valence-corrected chi connectivity index (χ4v) is 1.72. The van der Waals surface area contributed by atoms with Crippen molar-refractivity contribution in [2.24, 2.45) is 0 Å². The summed E-state index contributed by atoms with van der Waals surface area (Å²) in [5, 5.41) is 0. The molecule has 0 N–H and O–H groups in total. The fourth-order valence-electron chi connectivity index (χ4n) is 0.701. The molecule has 1 aromatic heterocycles. The summed E-state index contributed by atoms with van der Waals surface area (Å²) in [4.78, 5) is 12.8. The molecule has 66 valence electrons. The molecular weight excluding hydrogens is 495 g/mol. The normalized spacial score (nSPS) is 10.2. The number of rotatable bonds is 3. The summed E-state index contributed by atoms with van der Waals surface area (Å²) >= 11 is 6.78. The lowest BCUT2D eigenvalue weighted by Crippen LogP contribution is -2.03. The van der Waals surface area contributed by atoms with E-state index in [4.69, 9.17) is 0 Å². The molecule has 0 amide bonds. The maximum Gasteiger partial charge on any atom is 0.142 e. The van der Waals surface area contributed by atoms with Crippen LogP contribution in [0.15, 0.2) is 0 Å². The Hall–Kier alpha value is 1.20. The highest BCUT2D eigenvalue weighted by molar-refractivity contribution is 14.1. The molecule has 0 atom stereocenters. The highest BCUT2D eigenvalue weighted by Crippen LogP contribution is 2.06. The van der Waals surface area contributed by atoms with Crippen molar-refractivity contribution in [3.8, 4) is 0 Å². The Morgan fingerprint density at radius 2 is 0.917 bits per heavy atom. The van der Waals surface area contributed by atoms with Gasteiger partial charge in [-0.2, -0.15) is 0 Å². The van der Waals surface area contributed by atoms with Crippen LogP contribution in [-0.2, 0) is 13.3 Å². The molecule has 0 aliphatic heterocycles. The lowest BCUT2D eigenvalue weighted by atomic mass is 10.6. The van der Waals surface area contributed by atoms with E-state index in [1.165, 1.54) is 0 Å². The lowest BCUT2D eigenvalue weighted by molar-refractivity contribution is 0.868. The van der Waals surface area contributed by atoms with Crippen molar-refractivity contribution in [1.82, 2.24) is 15.0 Å². The molecule has 0 saturated carbocycles. The number of aromatic nitrogens is 3. The Morgan fingerprint density at radius 1 is 0.667 bits per heavy atom. The second-order valence-corrected chi connectivity index (χ2v) is 4.27. The molecule has 3 nitrogen and oxygen atoms in total. The molecule has 0 bridgehead atoms. The number of nitrogens with zero attached hydrogens (tertiary/aromatic N) is 3. The molecule has 1 rings (SSSR count). The van der Waals surface area contributed by atoms with Gasteiger partial charge in [0, 0.05) is 0 Å². The SMILES string of the molecule is ICc1nc(CI)nc(CI)n1. The van der Waals surface area contributed by atoms with Gasteiger partial charge in [0.05, 0.1) is 13.3 Å². The average molecular weight is 501 g/mol. The van der Waals surface area contributed by atoms with Crippen molar-refractivity contribution in [3.05, 3.63) is 17.5 Å². The van der Waals surface area contributed by atoms with E-state index in [1.807, 2.05) is 0 Å². The monoisotopic (exact) mass is 501 g/mol. The van der Waals surface area contributed by atoms with E-state index in [9.17, 15) is 0 Å². The summed E-state index contributed by atoms with van der Waals surface area (Å²) in [6.07, 6.45) is 0. The molecule has 0 saturated heterocycles. The van der Waals surface area contributed by atoms with E-state index in [1.54, 1.807) is 0 Å². The van der Waals surface area contributed by atoms with Crippen LogP contribution in [0.25, 0.3) is 0 Å². The Kier molecular flexibility index (Phi) is 5.48. The Labute approximate surface area is 112 Å². The first-order chi connectivity index (χ1) is 5.80. The van der Waals surface area contributed by atoms with E-state index in [2.05, 4.69) is 82.7 Å². The minimum Gasteiger partial charge on any atom is -0.216 e. The summed E-state index contributed by atoms with van der Waals surface area (Å²) < 4.78 is 2.56. The van der Waals surface area contributed by atoms with Crippen LogP contribution in [0.3, 0.4) is 0 Å². The Balaban J connectivity index is 3.01. The third-order valence-electron chi connectivity index (χ3n) is 1.13. The minimum atomic E-state index is 0.855. The van der Waals surface area contributed by atoms with Crippen LogP contribution < -0.4 is 0 Å². The van der Waals surface area contributed by atoms with Crippen LogP contribution in [0.5, 0.6) is 0 Å². The summed E-state index contributed by atoms with van der Waals surface area (Å²) in [7, 11) is 0. The first-order valence-electron chi connectivity index (χ1n) is 3.20. The van der Waals surface area contributed by atoms with Gasteiger partial charge in [-0.1, -0.05) is 67.8 Å². The van der Waals surface area contributed by atoms with Crippen LogP contribution in [0.2, 0.25) is 0 Å². The van der Waals surface area contributed by atoms with Gasteiger partial charge in [-0.25, -0.2) is 15.0 Å². The maximum atomic E-state index is 4.28. The standard InChI is InChI=1S/C6H6I3N3/c7-1-4-10-5(2-8)12-6(3-9)11-4/h1-3H2. The van der Waals surface area contributed by atoms with Crippen molar-refractivity contribution in [2.75, 3.05) is 0 Å².